The molecule has 1 N–H and O–H groups in total. The highest BCUT2D eigenvalue weighted by Crippen LogP contribution is 2.14. The lowest BCUT2D eigenvalue weighted by Gasteiger charge is -2.20. The number of likely N-dealkylation sites (N-methyl/N-ethyl adjacent to an activating group) is 1. The van der Waals surface area contributed by atoms with Crippen LogP contribution in [0, 0.1) is 13.8 Å². The van der Waals surface area contributed by atoms with Crippen molar-refractivity contribution in [1.29, 1.82) is 0 Å². The molecular weight excluding hydrogens is 264 g/mol. The summed E-state index contributed by atoms with van der Waals surface area (Å²) in [6.07, 6.45) is 1.24. The fourth-order valence-corrected chi connectivity index (χ4v) is 2.28. The number of carbonyl (C=O) groups is 1. The van der Waals surface area contributed by atoms with Crippen molar-refractivity contribution in [2.45, 2.75) is 32.7 Å². The molecule has 0 aliphatic rings. The summed E-state index contributed by atoms with van der Waals surface area (Å²) in [5.41, 5.74) is 3.81. The Morgan fingerprint density at radius 1 is 1.33 bits per heavy atom. The molecule has 1 aromatic carbocycles. The van der Waals surface area contributed by atoms with Crippen molar-refractivity contribution in [3.8, 4) is 0 Å². The number of rotatable bonds is 8. The lowest BCUT2D eigenvalue weighted by Crippen LogP contribution is -2.38. The minimum absolute atomic E-state index is 0.109. The Balaban J connectivity index is 2.70. The van der Waals surface area contributed by atoms with Crippen molar-refractivity contribution in [1.82, 2.24) is 10.2 Å². The highest BCUT2D eigenvalue weighted by atomic mass is 16.5. The van der Waals surface area contributed by atoms with Crippen molar-refractivity contribution >= 4 is 5.97 Å². The smallest absolute Gasteiger partial charge is 0.307 e. The maximum absolute atomic E-state index is 11.6. The third kappa shape index (κ3) is 6.74. The van der Waals surface area contributed by atoms with E-state index in [1.54, 1.807) is 0 Å². The summed E-state index contributed by atoms with van der Waals surface area (Å²) in [6, 6.07) is 6.57. The molecule has 118 valence electrons. The molecule has 1 atom stereocenters. The first-order valence-corrected chi connectivity index (χ1v) is 7.43. The molecule has 0 aromatic heterocycles. The molecule has 4 heteroatoms. The van der Waals surface area contributed by atoms with E-state index in [0.717, 1.165) is 19.5 Å². The summed E-state index contributed by atoms with van der Waals surface area (Å²) in [6.45, 7) is 6.02. The third-order valence-electron chi connectivity index (χ3n) is 3.60. The second-order valence-electron chi connectivity index (χ2n) is 5.87. The summed E-state index contributed by atoms with van der Waals surface area (Å²) in [5, 5.41) is 3.47. The van der Waals surface area contributed by atoms with Crippen LogP contribution in [0.5, 0.6) is 0 Å². The maximum atomic E-state index is 11.6. The zero-order valence-corrected chi connectivity index (χ0v) is 13.9. The summed E-state index contributed by atoms with van der Waals surface area (Å²) in [4.78, 5) is 13.7. The predicted octanol–water partition coefficient (Wildman–Crippen LogP) is 1.93. The van der Waals surface area contributed by atoms with Crippen LogP contribution >= 0.6 is 0 Å². The fraction of sp³-hybridized carbons (Fsp3) is 0.588. The molecule has 0 saturated carbocycles. The van der Waals surface area contributed by atoms with Gasteiger partial charge in [0.2, 0.25) is 0 Å². The number of hydrogen-bond donors (Lipinski definition) is 1. The van der Waals surface area contributed by atoms with Crippen molar-refractivity contribution in [2.24, 2.45) is 0 Å². The maximum Gasteiger partial charge on any atom is 0.307 e. The Hall–Kier alpha value is -1.39. The molecule has 0 fully saturated rings. The van der Waals surface area contributed by atoms with E-state index in [9.17, 15) is 4.79 Å². The van der Waals surface area contributed by atoms with Crippen molar-refractivity contribution < 1.29 is 9.53 Å². The van der Waals surface area contributed by atoms with E-state index >= 15 is 0 Å². The zero-order chi connectivity index (χ0) is 15.8. The van der Waals surface area contributed by atoms with E-state index in [1.807, 2.05) is 14.1 Å². The molecule has 0 spiro atoms. The van der Waals surface area contributed by atoms with E-state index in [0.29, 0.717) is 6.42 Å². The van der Waals surface area contributed by atoms with E-state index < -0.39 is 0 Å². The number of ether oxygens (including phenoxy) is 1. The largest absolute Gasteiger partial charge is 0.469 e. The fourth-order valence-electron chi connectivity index (χ4n) is 2.28. The first-order valence-electron chi connectivity index (χ1n) is 7.43. The summed E-state index contributed by atoms with van der Waals surface area (Å²) >= 11 is 0. The average molecular weight is 292 g/mol. The first kappa shape index (κ1) is 17.7. The van der Waals surface area contributed by atoms with Crippen molar-refractivity contribution in [3.63, 3.8) is 0 Å². The van der Waals surface area contributed by atoms with E-state index in [-0.39, 0.29) is 12.0 Å². The van der Waals surface area contributed by atoms with Gasteiger partial charge in [-0.2, -0.15) is 0 Å². The van der Waals surface area contributed by atoms with Gasteiger partial charge in [0, 0.05) is 19.1 Å². The summed E-state index contributed by atoms with van der Waals surface area (Å²) in [5.74, 6) is -0.164. The highest BCUT2D eigenvalue weighted by Gasteiger charge is 2.15. The molecule has 1 aromatic rings. The Kier molecular flexibility index (Phi) is 7.40. The Labute approximate surface area is 128 Å². The number of benzene rings is 1. The predicted molar refractivity (Wildman–Crippen MR) is 86.6 cm³/mol. The monoisotopic (exact) mass is 292 g/mol. The van der Waals surface area contributed by atoms with Gasteiger partial charge in [-0.1, -0.05) is 23.8 Å². The molecular formula is C17H28N2O2. The summed E-state index contributed by atoms with van der Waals surface area (Å²) in [7, 11) is 5.53. The molecule has 0 radical (unpaired) electrons. The van der Waals surface area contributed by atoms with Crippen LogP contribution in [0.3, 0.4) is 0 Å². The number of aryl methyl sites for hydroxylation is 2. The van der Waals surface area contributed by atoms with Crippen LogP contribution in [0.4, 0.5) is 0 Å². The lowest BCUT2D eigenvalue weighted by molar-refractivity contribution is -0.141. The van der Waals surface area contributed by atoms with Crippen molar-refractivity contribution in [3.05, 3.63) is 34.9 Å². The number of methoxy groups -OCH3 is 1. The topological polar surface area (TPSA) is 41.6 Å². The van der Waals surface area contributed by atoms with Crippen LogP contribution in [0.15, 0.2) is 18.2 Å². The van der Waals surface area contributed by atoms with Crippen LogP contribution in [-0.4, -0.2) is 51.2 Å². The molecule has 1 unspecified atom stereocenters. The van der Waals surface area contributed by atoms with Crippen molar-refractivity contribution in [2.75, 3.05) is 34.3 Å². The quantitative estimate of drug-likeness (QED) is 0.743. The van der Waals surface area contributed by atoms with Gasteiger partial charge in [0.1, 0.15) is 0 Å². The lowest BCUT2D eigenvalue weighted by atomic mass is 9.97. The van der Waals surface area contributed by atoms with Gasteiger partial charge in [0.05, 0.1) is 13.5 Å². The highest BCUT2D eigenvalue weighted by molar-refractivity contribution is 5.70. The van der Waals surface area contributed by atoms with Gasteiger partial charge in [-0.15, -0.1) is 0 Å². The van der Waals surface area contributed by atoms with Gasteiger partial charge in [-0.25, -0.2) is 0 Å². The van der Waals surface area contributed by atoms with Crippen LogP contribution in [-0.2, 0) is 16.0 Å². The van der Waals surface area contributed by atoms with E-state index in [2.05, 4.69) is 42.3 Å². The van der Waals surface area contributed by atoms with Gasteiger partial charge >= 0.3 is 5.97 Å². The van der Waals surface area contributed by atoms with Gasteiger partial charge in [-0.3, -0.25) is 4.79 Å². The molecule has 0 bridgehead atoms. The minimum Gasteiger partial charge on any atom is -0.469 e. The Morgan fingerprint density at radius 3 is 2.67 bits per heavy atom. The second kappa shape index (κ2) is 8.80. The minimum atomic E-state index is -0.164. The standard InChI is InChI=1S/C17H28N2O2/c1-13-6-7-14(2)15(10-13)11-16(12-17(20)21-5)18-8-9-19(3)4/h6-7,10,16,18H,8-9,11-12H2,1-5H3. The molecule has 0 aliphatic carbocycles. The molecule has 4 nitrogen and oxygen atoms in total. The molecule has 0 saturated heterocycles. The zero-order valence-electron chi connectivity index (χ0n) is 13.9. The Morgan fingerprint density at radius 2 is 2.05 bits per heavy atom. The molecule has 0 amide bonds. The molecule has 0 aliphatic heterocycles. The Bertz CT molecular complexity index is 458. The molecule has 21 heavy (non-hydrogen) atoms. The van der Waals surface area contributed by atoms with Crippen LogP contribution in [0.2, 0.25) is 0 Å². The van der Waals surface area contributed by atoms with Gasteiger partial charge in [0.15, 0.2) is 0 Å². The number of nitrogens with one attached hydrogen (secondary N) is 1. The summed E-state index contributed by atoms with van der Waals surface area (Å²) < 4.78 is 4.81. The number of hydrogen-bond acceptors (Lipinski definition) is 4. The van der Waals surface area contributed by atoms with Crippen LogP contribution < -0.4 is 5.32 Å². The average Bonchev–Trinajstić information content (AvgIpc) is 2.42. The second-order valence-corrected chi connectivity index (χ2v) is 5.87. The normalized spacial score (nSPS) is 12.5. The van der Waals surface area contributed by atoms with E-state index in [4.69, 9.17) is 4.74 Å². The number of carbonyl (C=O) groups excluding carboxylic acids is 1. The van der Waals surface area contributed by atoms with Gasteiger partial charge in [-0.05, 0) is 45.5 Å². The van der Waals surface area contributed by atoms with E-state index in [1.165, 1.54) is 23.8 Å². The number of nitrogens with zero attached hydrogens (tertiary/aromatic N) is 1. The van der Waals surface area contributed by atoms with Crippen LogP contribution in [0.1, 0.15) is 23.1 Å². The van der Waals surface area contributed by atoms with Gasteiger partial charge in [0.25, 0.3) is 0 Å². The third-order valence-corrected chi connectivity index (χ3v) is 3.60. The molecule has 0 heterocycles. The number of esters is 1. The molecule has 1 rings (SSSR count). The SMILES string of the molecule is COC(=O)CC(Cc1cc(C)ccc1C)NCCN(C)C. The first-order chi connectivity index (χ1) is 9.92. The van der Waals surface area contributed by atoms with Crippen LogP contribution in [0.25, 0.3) is 0 Å². The van der Waals surface area contributed by atoms with Gasteiger partial charge < -0.3 is 15.0 Å².